The van der Waals surface area contributed by atoms with Crippen molar-refractivity contribution in [1.29, 1.82) is 0 Å². The molecule has 1 aromatic carbocycles. The zero-order chi connectivity index (χ0) is 15.3. The largest absolute Gasteiger partial charge is 0.369 e. The Morgan fingerprint density at radius 2 is 1.71 bits per heavy atom. The molecular formula is C17H27N3O. The lowest BCUT2D eigenvalue weighted by molar-refractivity contribution is -0.122. The van der Waals surface area contributed by atoms with Gasteiger partial charge in [0.2, 0.25) is 5.91 Å². The van der Waals surface area contributed by atoms with Crippen LogP contribution in [0.3, 0.4) is 0 Å². The number of hydrogen-bond donors (Lipinski definition) is 1. The van der Waals surface area contributed by atoms with Crippen molar-refractivity contribution in [3.05, 3.63) is 30.3 Å². The Labute approximate surface area is 128 Å². The van der Waals surface area contributed by atoms with Gasteiger partial charge in [-0.25, -0.2) is 0 Å². The third-order valence-electron chi connectivity index (χ3n) is 3.66. The zero-order valence-electron chi connectivity index (χ0n) is 13.4. The van der Waals surface area contributed by atoms with Crippen molar-refractivity contribution in [2.24, 2.45) is 0 Å². The molecule has 1 aliphatic rings. The molecule has 0 aliphatic carbocycles. The second kappa shape index (κ2) is 6.94. The van der Waals surface area contributed by atoms with Gasteiger partial charge in [0.1, 0.15) is 0 Å². The van der Waals surface area contributed by atoms with Crippen molar-refractivity contribution in [2.75, 3.05) is 37.6 Å². The molecule has 4 nitrogen and oxygen atoms in total. The van der Waals surface area contributed by atoms with E-state index in [2.05, 4.69) is 39.4 Å². The molecule has 0 saturated carbocycles. The number of nitrogens with zero attached hydrogens (tertiary/aromatic N) is 2. The first-order valence-electron chi connectivity index (χ1n) is 7.77. The van der Waals surface area contributed by atoms with Gasteiger partial charge in [0.05, 0.1) is 0 Å². The fraction of sp³-hybridized carbons (Fsp3) is 0.588. The molecule has 0 spiro atoms. The van der Waals surface area contributed by atoms with Crippen molar-refractivity contribution >= 4 is 11.6 Å². The van der Waals surface area contributed by atoms with E-state index in [1.807, 2.05) is 26.8 Å². The predicted octanol–water partition coefficient (Wildman–Crippen LogP) is 2.11. The number of carbonyl (C=O) groups is 1. The fourth-order valence-electron chi connectivity index (χ4n) is 2.61. The quantitative estimate of drug-likeness (QED) is 0.922. The number of nitrogens with one attached hydrogen (secondary N) is 1. The number of carbonyl (C=O) groups excluding carboxylic acids is 1. The second-order valence-electron chi connectivity index (χ2n) is 6.71. The van der Waals surface area contributed by atoms with Gasteiger partial charge in [-0.3, -0.25) is 9.69 Å². The van der Waals surface area contributed by atoms with E-state index in [1.165, 1.54) is 5.69 Å². The lowest BCUT2D eigenvalue weighted by atomic mass is 10.1. The highest BCUT2D eigenvalue weighted by Gasteiger charge is 2.19. The highest BCUT2D eigenvalue weighted by molar-refractivity contribution is 5.76. The van der Waals surface area contributed by atoms with Crippen molar-refractivity contribution in [3.63, 3.8) is 0 Å². The highest BCUT2D eigenvalue weighted by atomic mass is 16.1. The number of benzene rings is 1. The second-order valence-corrected chi connectivity index (χ2v) is 6.71. The smallest absolute Gasteiger partial charge is 0.221 e. The lowest BCUT2D eigenvalue weighted by Gasteiger charge is -2.36. The first kappa shape index (κ1) is 15.8. The molecule has 1 amide bonds. The van der Waals surface area contributed by atoms with E-state index in [4.69, 9.17) is 0 Å². The fourth-order valence-corrected chi connectivity index (χ4v) is 2.61. The maximum absolute atomic E-state index is 11.8. The summed E-state index contributed by atoms with van der Waals surface area (Å²) >= 11 is 0. The normalized spacial score (nSPS) is 16.8. The van der Waals surface area contributed by atoms with Crippen LogP contribution in [0.15, 0.2) is 30.3 Å². The van der Waals surface area contributed by atoms with Crippen molar-refractivity contribution < 1.29 is 4.79 Å². The van der Waals surface area contributed by atoms with E-state index in [9.17, 15) is 4.79 Å². The van der Waals surface area contributed by atoms with Crippen LogP contribution >= 0.6 is 0 Å². The number of para-hydroxylation sites is 1. The molecule has 0 atom stereocenters. The highest BCUT2D eigenvalue weighted by Crippen LogP contribution is 2.15. The number of piperazine rings is 1. The molecule has 0 unspecified atom stereocenters. The van der Waals surface area contributed by atoms with E-state index >= 15 is 0 Å². The summed E-state index contributed by atoms with van der Waals surface area (Å²) in [7, 11) is 0. The van der Waals surface area contributed by atoms with E-state index in [0.29, 0.717) is 6.42 Å². The maximum Gasteiger partial charge on any atom is 0.221 e. The van der Waals surface area contributed by atoms with E-state index in [1.54, 1.807) is 0 Å². The SMILES string of the molecule is CC(C)(C)NC(=O)CCN1CCN(c2ccccc2)CC1. The Kier molecular flexibility index (Phi) is 5.23. The molecule has 1 saturated heterocycles. The van der Waals surface area contributed by atoms with Gasteiger partial charge in [0.25, 0.3) is 0 Å². The Morgan fingerprint density at radius 1 is 1.10 bits per heavy atom. The molecule has 2 rings (SSSR count). The number of rotatable bonds is 4. The molecule has 1 aromatic rings. The van der Waals surface area contributed by atoms with E-state index in [0.717, 1.165) is 32.7 Å². The maximum atomic E-state index is 11.8. The third-order valence-corrected chi connectivity index (χ3v) is 3.66. The molecule has 1 fully saturated rings. The zero-order valence-corrected chi connectivity index (χ0v) is 13.4. The summed E-state index contributed by atoms with van der Waals surface area (Å²) in [6.07, 6.45) is 0.586. The summed E-state index contributed by atoms with van der Waals surface area (Å²) in [5.41, 5.74) is 1.16. The molecule has 116 valence electrons. The van der Waals surface area contributed by atoms with Crippen LogP contribution in [0.4, 0.5) is 5.69 Å². The van der Waals surface area contributed by atoms with Crippen LogP contribution in [0, 0.1) is 0 Å². The van der Waals surface area contributed by atoms with E-state index in [-0.39, 0.29) is 11.4 Å². The molecule has 1 heterocycles. The standard InChI is InChI=1S/C17H27N3O/c1-17(2,3)18-16(21)9-10-19-11-13-20(14-12-19)15-7-5-4-6-8-15/h4-8H,9-14H2,1-3H3,(H,18,21). The number of anilines is 1. The van der Waals surface area contributed by atoms with Crippen LogP contribution in [-0.2, 0) is 4.79 Å². The third kappa shape index (κ3) is 5.38. The summed E-state index contributed by atoms with van der Waals surface area (Å²) in [4.78, 5) is 16.6. The van der Waals surface area contributed by atoms with Crippen molar-refractivity contribution in [1.82, 2.24) is 10.2 Å². The molecule has 4 heteroatoms. The summed E-state index contributed by atoms with van der Waals surface area (Å²) in [5.74, 6) is 0.146. The van der Waals surface area contributed by atoms with Gasteiger partial charge in [-0.2, -0.15) is 0 Å². The van der Waals surface area contributed by atoms with Crippen LogP contribution in [0.25, 0.3) is 0 Å². The molecule has 0 aromatic heterocycles. The van der Waals surface area contributed by atoms with Crippen LogP contribution in [0.1, 0.15) is 27.2 Å². The van der Waals surface area contributed by atoms with Crippen molar-refractivity contribution in [3.8, 4) is 0 Å². The number of amides is 1. The minimum Gasteiger partial charge on any atom is -0.369 e. The number of hydrogen-bond acceptors (Lipinski definition) is 3. The first-order valence-corrected chi connectivity index (χ1v) is 7.77. The monoisotopic (exact) mass is 289 g/mol. The van der Waals surface area contributed by atoms with Crippen LogP contribution in [-0.4, -0.2) is 49.1 Å². The average Bonchev–Trinajstić information content (AvgIpc) is 2.45. The Balaban J connectivity index is 1.71. The first-order chi connectivity index (χ1) is 9.94. The Morgan fingerprint density at radius 3 is 2.29 bits per heavy atom. The van der Waals surface area contributed by atoms with Gasteiger partial charge < -0.3 is 10.2 Å². The summed E-state index contributed by atoms with van der Waals surface area (Å²) in [5, 5.41) is 3.02. The Bertz CT molecular complexity index is 445. The lowest BCUT2D eigenvalue weighted by Crippen LogP contribution is -2.48. The molecular weight excluding hydrogens is 262 g/mol. The topological polar surface area (TPSA) is 35.6 Å². The van der Waals surface area contributed by atoms with Gasteiger partial charge in [-0.05, 0) is 32.9 Å². The Hall–Kier alpha value is -1.55. The molecule has 1 aliphatic heterocycles. The van der Waals surface area contributed by atoms with Gasteiger partial charge in [-0.1, -0.05) is 18.2 Å². The van der Waals surface area contributed by atoms with Crippen LogP contribution < -0.4 is 10.2 Å². The predicted molar refractivity (Wildman–Crippen MR) is 87.6 cm³/mol. The van der Waals surface area contributed by atoms with Gasteiger partial charge in [0, 0.05) is 50.4 Å². The summed E-state index contributed by atoms with van der Waals surface area (Å²) < 4.78 is 0. The summed E-state index contributed by atoms with van der Waals surface area (Å²) in [6.45, 7) is 11.0. The average molecular weight is 289 g/mol. The summed E-state index contributed by atoms with van der Waals surface area (Å²) in [6, 6.07) is 10.5. The van der Waals surface area contributed by atoms with Crippen LogP contribution in [0.2, 0.25) is 0 Å². The van der Waals surface area contributed by atoms with Gasteiger partial charge in [0.15, 0.2) is 0 Å². The van der Waals surface area contributed by atoms with Crippen molar-refractivity contribution in [2.45, 2.75) is 32.7 Å². The van der Waals surface area contributed by atoms with Gasteiger partial charge >= 0.3 is 0 Å². The van der Waals surface area contributed by atoms with E-state index < -0.39 is 0 Å². The molecule has 0 bridgehead atoms. The minimum absolute atomic E-state index is 0.136. The minimum atomic E-state index is -0.136. The van der Waals surface area contributed by atoms with Gasteiger partial charge in [-0.15, -0.1) is 0 Å². The molecule has 1 N–H and O–H groups in total. The molecule has 21 heavy (non-hydrogen) atoms. The molecule has 0 radical (unpaired) electrons. The van der Waals surface area contributed by atoms with Crippen LogP contribution in [0.5, 0.6) is 0 Å².